The Morgan fingerprint density at radius 2 is 2.07 bits per heavy atom. The van der Waals surface area contributed by atoms with Crippen LogP contribution in [0.15, 0.2) is 36.7 Å². The first kappa shape index (κ1) is 19.4. The fraction of sp³-hybridized carbons (Fsp3) is 0.368. The Morgan fingerprint density at radius 1 is 1.29 bits per heavy atom. The zero-order valence-corrected chi connectivity index (χ0v) is 15.9. The van der Waals surface area contributed by atoms with Crippen LogP contribution in [0.5, 0.6) is 5.75 Å². The molecule has 3 rings (SSSR count). The van der Waals surface area contributed by atoms with Crippen molar-refractivity contribution in [2.75, 3.05) is 26.7 Å². The molecule has 0 aliphatic carbocycles. The van der Waals surface area contributed by atoms with Gasteiger partial charge in [0.05, 0.1) is 20.2 Å². The van der Waals surface area contributed by atoms with Crippen molar-refractivity contribution < 1.29 is 19.1 Å². The van der Waals surface area contributed by atoms with Crippen molar-refractivity contribution in [3.63, 3.8) is 0 Å². The number of hydrogen-bond acceptors (Lipinski definition) is 5. The third kappa shape index (κ3) is 3.98. The highest BCUT2D eigenvalue weighted by Gasteiger charge is 2.34. The third-order valence-electron chi connectivity index (χ3n) is 4.82. The number of ether oxygens (including phenoxy) is 1. The Bertz CT molecular complexity index is 880. The van der Waals surface area contributed by atoms with Gasteiger partial charge in [-0.3, -0.25) is 19.1 Å². The maximum atomic E-state index is 13.0. The second kappa shape index (κ2) is 8.12. The number of methoxy groups -OCH3 is 1. The number of hydrogen-bond donors (Lipinski definition) is 1. The molecule has 9 heteroatoms. The molecular formula is C19H23N5O4. The van der Waals surface area contributed by atoms with E-state index in [9.17, 15) is 14.4 Å². The van der Waals surface area contributed by atoms with Gasteiger partial charge >= 0.3 is 0 Å². The van der Waals surface area contributed by atoms with Gasteiger partial charge in [-0.2, -0.15) is 5.10 Å². The van der Waals surface area contributed by atoms with Crippen molar-refractivity contribution >= 4 is 17.7 Å². The van der Waals surface area contributed by atoms with Crippen molar-refractivity contribution in [3.8, 4) is 5.75 Å². The van der Waals surface area contributed by atoms with Gasteiger partial charge in [0.25, 0.3) is 5.91 Å². The topological polar surface area (TPSA) is 111 Å². The summed E-state index contributed by atoms with van der Waals surface area (Å²) in [5.74, 6) is -0.425. The number of piperazine rings is 1. The molecule has 0 spiro atoms. The number of aromatic nitrogens is 2. The molecule has 1 saturated heterocycles. The lowest BCUT2D eigenvalue weighted by Crippen LogP contribution is -2.60. The number of carbonyl (C=O) groups excluding carboxylic acids is 3. The highest BCUT2D eigenvalue weighted by molar-refractivity contribution is 5.96. The third-order valence-corrected chi connectivity index (χ3v) is 4.82. The minimum Gasteiger partial charge on any atom is -0.496 e. The van der Waals surface area contributed by atoms with Crippen LogP contribution in [0.3, 0.4) is 0 Å². The molecule has 28 heavy (non-hydrogen) atoms. The van der Waals surface area contributed by atoms with E-state index in [2.05, 4.69) is 5.10 Å². The molecule has 0 radical (unpaired) electrons. The first-order chi connectivity index (χ1) is 13.4. The molecule has 1 atom stereocenters. The molecule has 1 aromatic heterocycles. The van der Waals surface area contributed by atoms with Crippen LogP contribution in [0.2, 0.25) is 0 Å². The van der Waals surface area contributed by atoms with Crippen molar-refractivity contribution in [1.29, 1.82) is 0 Å². The zero-order valence-electron chi connectivity index (χ0n) is 15.9. The Balaban J connectivity index is 1.82. The zero-order chi connectivity index (χ0) is 20.3. The van der Waals surface area contributed by atoms with E-state index in [1.807, 2.05) is 12.3 Å². The van der Waals surface area contributed by atoms with Gasteiger partial charge in [0, 0.05) is 43.5 Å². The van der Waals surface area contributed by atoms with Gasteiger partial charge < -0.3 is 20.3 Å². The fourth-order valence-corrected chi connectivity index (χ4v) is 3.37. The quantitative estimate of drug-likeness (QED) is 0.785. The van der Waals surface area contributed by atoms with E-state index in [1.54, 1.807) is 41.1 Å². The largest absolute Gasteiger partial charge is 0.496 e. The minimum atomic E-state index is -0.822. The van der Waals surface area contributed by atoms with Crippen LogP contribution >= 0.6 is 0 Å². The number of nitrogens with two attached hydrogens (primary N) is 1. The highest BCUT2D eigenvalue weighted by atomic mass is 16.5. The van der Waals surface area contributed by atoms with Crippen LogP contribution in [-0.2, 0) is 16.1 Å². The normalized spacial score (nSPS) is 16.7. The Kier molecular flexibility index (Phi) is 5.62. The smallest absolute Gasteiger partial charge is 0.254 e. The number of nitrogens with zero attached hydrogens (tertiary/aromatic N) is 4. The summed E-state index contributed by atoms with van der Waals surface area (Å²) in [4.78, 5) is 39.4. The van der Waals surface area contributed by atoms with Crippen LogP contribution in [-0.4, -0.2) is 70.1 Å². The van der Waals surface area contributed by atoms with Crippen LogP contribution in [0, 0.1) is 0 Å². The first-order valence-electron chi connectivity index (χ1n) is 8.91. The number of benzene rings is 1. The van der Waals surface area contributed by atoms with E-state index in [4.69, 9.17) is 10.5 Å². The SMILES string of the molecule is COc1ccc(C(=O)N2CCN(C(C)=O)[C@@H](C(N)=O)C2)cc1Cn1cccn1. The van der Waals surface area contributed by atoms with Gasteiger partial charge in [0.2, 0.25) is 11.8 Å². The molecule has 2 aromatic rings. The Hall–Kier alpha value is -3.36. The van der Waals surface area contributed by atoms with E-state index < -0.39 is 11.9 Å². The van der Waals surface area contributed by atoms with Gasteiger partial charge in [-0.25, -0.2) is 0 Å². The maximum absolute atomic E-state index is 13.0. The summed E-state index contributed by atoms with van der Waals surface area (Å²) in [6.45, 7) is 2.53. The minimum absolute atomic E-state index is 0.0776. The predicted molar refractivity (Wildman–Crippen MR) is 101 cm³/mol. The summed E-state index contributed by atoms with van der Waals surface area (Å²) in [5, 5.41) is 4.18. The van der Waals surface area contributed by atoms with E-state index >= 15 is 0 Å². The monoisotopic (exact) mass is 385 g/mol. The van der Waals surface area contributed by atoms with Crippen LogP contribution in [0.1, 0.15) is 22.8 Å². The molecule has 3 amide bonds. The van der Waals surface area contributed by atoms with Crippen LogP contribution in [0.4, 0.5) is 0 Å². The van der Waals surface area contributed by atoms with Gasteiger partial charge in [-0.1, -0.05) is 0 Å². The highest BCUT2D eigenvalue weighted by Crippen LogP contribution is 2.23. The standard InChI is InChI=1S/C19H23N5O4/c1-13(25)24-9-8-22(12-16(24)18(20)26)19(27)14-4-5-17(28-2)15(10-14)11-23-7-3-6-21-23/h3-7,10,16H,8-9,11-12H2,1-2H3,(H2,20,26)/t16-/m1/s1. The molecule has 9 nitrogen and oxygen atoms in total. The fourth-order valence-electron chi connectivity index (χ4n) is 3.37. The number of amides is 3. The average molecular weight is 385 g/mol. The molecule has 1 aliphatic heterocycles. The molecule has 1 aromatic carbocycles. The molecule has 148 valence electrons. The van der Waals surface area contributed by atoms with Crippen molar-refractivity contribution in [2.24, 2.45) is 5.73 Å². The second-order valence-electron chi connectivity index (χ2n) is 6.61. The molecule has 2 heterocycles. The lowest BCUT2D eigenvalue weighted by atomic mass is 10.1. The van der Waals surface area contributed by atoms with Gasteiger partial charge in [0.15, 0.2) is 0 Å². The van der Waals surface area contributed by atoms with Gasteiger partial charge in [-0.15, -0.1) is 0 Å². The predicted octanol–water partition coefficient (Wildman–Crippen LogP) is 0.0982. The molecule has 1 aliphatic rings. The first-order valence-corrected chi connectivity index (χ1v) is 8.91. The molecular weight excluding hydrogens is 362 g/mol. The van der Waals surface area contributed by atoms with Crippen LogP contribution in [0.25, 0.3) is 0 Å². The van der Waals surface area contributed by atoms with Crippen molar-refractivity contribution in [3.05, 3.63) is 47.8 Å². The molecule has 0 unspecified atom stereocenters. The second-order valence-corrected chi connectivity index (χ2v) is 6.61. The van der Waals surface area contributed by atoms with Crippen molar-refractivity contribution in [2.45, 2.75) is 19.5 Å². The molecule has 0 bridgehead atoms. The van der Waals surface area contributed by atoms with Gasteiger partial charge in [0.1, 0.15) is 11.8 Å². The molecule has 1 fully saturated rings. The summed E-state index contributed by atoms with van der Waals surface area (Å²) < 4.78 is 7.13. The molecule has 2 N–H and O–H groups in total. The summed E-state index contributed by atoms with van der Waals surface area (Å²) in [5.41, 5.74) is 6.72. The Morgan fingerprint density at radius 3 is 2.68 bits per heavy atom. The Labute approximate surface area is 162 Å². The summed E-state index contributed by atoms with van der Waals surface area (Å²) in [6, 6.07) is 6.18. The van der Waals surface area contributed by atoms with Crippen LogP contribution < -0.4 is 10.5 Å². The summed E-state index contributed by atoms with van der Waals surface area (Å²) in [7, 11) is 1.57. The lowest BCUT2D eigenvalue weighted by Gasteiger charge is -2.39. The van der Waals surface area contributed by atoms with E-state index in [-0.39, 0.29) is 24.9 Å². The maximum Gasteiger partial charge on any atom is 0.254 e. The van der Waals surface area contributed by atoms with E-state index in [1.165, 1.54) is 11.8 Å². The van der Waals surface area contributed by atoms with Gasteiger partial charge in [-0.05, 0) is 24.3 Å². The van der Waals surface area contributed by atoms with E-state index in [0.29, 0.717) is 24.4 Å². The van der Waals surface area contributed by atoms with Crippen molar-refractivity contribution in [1.82, 2.24) is 19.6 Å². The van der Waals surface area contributed by atoms with E-state index in [0.717, 1.165) is 5.56 Å². The average Bonchev–Trinajstić information content (AvgIpc) is 3.19. The summed E-state index contributed by atoms with van der Waals surface area (Å²) >= 11 is 0. The number of carbonyl (C=O) groups is 3. The lowest BCUT2D eigenvalue weighted by molar-refractivity contribution is -0.140. The molecule has 0 saturated carbocycles. The summed E-state index contributed by atoms with van der Waals surface area (Å²) in [6.07, 6.45) is 3.51. The number of rotatable bonds is 5. The number of primary amides is 1.